The van der Waals surface area contributed by atoms with E-state index >= 15 is 0 Å². The molecule has 4 N–H and O–H groups in total. The molecule has 1 aromatic heterocycles. The molecule has 154 valence electrons. The zero-order chi connectivity index (χ0) is 20.4. The Morgan fingerprint density at radius 1 is 1.11 bits per heavy atom. The number of rotatable bonds is 12. The van der Waals surface area contributed by atoms with Gasteiger partial charge in [0.05, 0.1) is 0 Å². The summed E-state index contributed by atoms with van der Waals surface area (Å²) in [5.74, 6) is 0.161. The van der Waals surface area contributed by atoms with E-state index in [9.17, 15) is 0 Å². The van der Waals surface area contributed by atoms with Crippen LogP contribution in [-0.2, 0) is 17.7 Å². The van der Waals surface area contributed by atoms with Crippen molar-refractivity contribution < 1.29 is 4.57 Å². The average molecular weight is 491 g/mol. The van der Waals surface area contributed by atoms with Crippen LogP contribution in [0.5, 0.6) is 0 Å². The van der Waals surface area contributed by atoms with E-state index in [1.54, 1.807) is 3.58 Å². The van der Waals surface area contributed by atoms with Gasteiger partial charge in [-0.15, -0.1) is 0 Å². The molecule has 1 heterocycles. The molecule has 0 aliphatic rings. The molecule has 1 aromatic carbocycles. The zero-order valence-electron chi connectivity index (χ0n) is 17.9. The molecule has 0 saturated heterocycles. The van der Waals surface area contributed by atoms with Crippen LogP contribution in [0, 0.1) is 0 Å². The molecule has 0 fully saturated rings. The molecule has 0 unspecified atom stereocenters. The molecule has 28 heavy (non-hydrogen) atoms. The predicted molar refractivity (Wildman–Crippen MR) is 121 cm³/mol. The van der Waals surface area contributed by atoms with Gasteiger partial charge in [0.25, 0.3) is 0 Å². The second-order valence-electron chi connectivity index (χ2n) is 7.85. The molecule has 0 bridgehead atoms. The maximum absolute atomic E-state index is 5.55. The Balaban J connectivity index is 2.42. The second-order valence-corrected chi connectivity index (χ2v) is 20.6. The van der Waals surface area contributed by atoms with Crippen LogP contribution < -0.4 is 19.6 Å². The Morgan fingerprint density at radius 2 is 1.82 bits per heavy atom. The van der Waals surface area contributed by atoms with E-state index in [-0.39, 0.29) is 5.96 Å². The predicted octanol–water partition coefficient (Wildman–Crippen LogP) is 3.06. The number of nitrogens with two attached hydrogens (primary N) is 2. The fourth-order valence-electron chi connectivity index (χ4n) is 3.94. The molecule has 2 aromatic rings. The second kappa shape index (κ2) is 11.5. The van der Waals surface area contributed by atoms with Gasteiger partial charge in [-0.3, -0.25) is 0 Å². The molecule has 5 nitrogen and oxygen atoms in total. The van der Waals surface area contributed by atoms with Crippen LogP contribution in [0.4, 0.5) is 0 Å². The van der Waals surface area contributed by atoms with Gasteiger partial charge in [-0.25, -0.2) is 0 Å². The van der Waals surface area contributed by atoms with Crippen molar-refractivity contribution in [3.8, 4) is 0 Å². The number of hydrogen-bond donors (Lipinski definition) is 2. The summed E-state index contributed by atoms with van der Waals surface area (Å²) in [6, 6.07) is 9.15. The Kier molecular flexibility index (Phi) is 9.35. The van der Waals surface area contributed by atoms with Crippen molar-refractivity contribution in [1.82, 2.24) is 4.57 Å². The monoisotopic (exact) mass is 492 g/mol. The number of hydrogen-bond acceptors (Lipinski definition) is 1. The van der Waals surface area contributed by atoms with E-state index in [0.717, 1.165) is 6.54 Å². The zero-order valence-corrected chi connectivity index (χ0v) is 20.8. The van der Waals surface area contributed by atoms with Gasteiger partial charge in [0.2, 0.25) is 0 Å². The summed E-state index contributed by atoms with van der Waals surface area (Å²) in [5.41, 5.74) is 12.3. The number of aromatic nitrogens is 2. The van der Waals surface area contributed by atoms with E-state index in [1.807, 2.05) is 0 Å². The van der Waals surface area contributed by atoms with Crippen LogP contribution in [-0.4, -0.2) is 28.9 Å². The Morgan fingerprint density at radius 3 is 2.39 bits per heavy atom. The number of nitrogens with zero attached hydrogens (tertiary/aromatic N) is 3. The van der Waals surface area contributed by atoms with Crippen LogP contribution in [0.2, 0.25) is 8.87 Å². The number of unbranched alkanes of at least 4 members (excludes halogenated alkanes) is 2. The quantitative estimate of drug-likeness (QED) is 0.207. The third-order valence-corrected chi connectivity index (χ3v) is 20.2. The Labute approximate surface area is 174 Å². The summed E-state index contributed by atoms with van der Waals surface area (Å²) in [5, 5.41) is 0. The third-order valence-electron chi connectivity index (χ3n) is 5.60. The van der Waals surface area contributed by atoms with Gasteiger partial charge in [0.15, 0.2) is 0 Å². The van der Waals surface area contributed by atoms with E-state index in [2.05, 4.69) is 77.9 Å². The molecule has 2 rings (SSSR count). The fourth-order valence-corrected chi connectivity index (χ4v) is 18.8. The van der Waals surface area contributed by atoms with Crippen molar-refractivity contribution in [3.63, 3.8) is 0 Å². The van der Waals surface area contributed by atoms with E-state index < -0.39 is 18.4 Å². The SMILES string of the molecule is CCC[CH2][Sn]([CH2]CCC)([CH2][n+]1ccn(CC)c1)[c]1cccc(CN=C(N)N)c1. The van der Waals surface area contributed by atoms with Gasteiger partial charge in [-0.1, -0.05) is 0 Å². The number of aliphatic imine (C=N–C) groups is 1. The van der Waals surface area contributed by atoms with Crippen molar-refractivity contribution in [2.75, 3.05) is 0 Å². The van der Waals surface area contributed by atoms with E-state index in [0.29, 0.717) is 6.54 Å². The maximum atomic E-state index is 5.55. The molecule has 0 aliphatic carbocycles. The summed E-state index contributed by atoms with van der Waals surface area (Å²) in [4.78, 5) is 4.23. The van der Waals surface area contributed by atoms with Crippen LogP contribution in [0.1, 0.15) is 52.0 Å². The summed E-state index contributed by atoms with van der Waals surface area (Å²) in [6.07, 6.45) is 11.9. The molecule has 0 radical (unpaired) electrons. The van der Waals surface area contributed by atoms with Gasteiger partial charge in [0, 0.05) is 0 Å². The molecule has 0 aliphatic heterocycles. The first-order valence-electron chi connectivity index (χ1n) is 10.7. The topological polar surface area (TPSA) is 73.2 Å². The first-order valence-corrected chi connectivity index (χ1v) is 18.2. The van der Waals surface area contributed by atoms with Crippen LogP contribution in [0.3, 0.4) is 0 Å². The van der Waals surface area contributed by atoms with Crippen molar-refractivity contribution in [2.45, 2.75) is 73.0 Å². The van der Waals surface area contributed by atoms with Crippen LogP contribution in [0.25, 0.3) is 0 Å². The summed E-state index contributed by atoms with van der Waals surface area (Å²) in [6.45, 7) is 8.41. The molecular weight excluding hydrogens is 453 g/mol. The molecule has 6 heteroatoms. The van der Waals surface area contributed by atoms with Crippen molar-refractivity contribution in [1.29, 1.82) is 0 Å². The average Bonchev–Trinajstić information content (AvgIpc) is 3.16. The summed E-state index contributed by atoms with van der Waals surface area (Å²) >= 11 is -2.64. The summed E-state index contributed by atoms with van der Waals surface area (Å²) < 4.78 is 10.4. The Hall–Kier alpha value is -1.50. The molecule has 0 amide bonds. The third kappa shape index (κ3) is 6.53. The number of imidazole rings is 1. The van der Waals surface area contributed by atoms with Gasteiger partial charge in [0.1, 0.15) is 0 Å². The fraction of sp³-hybridized carbons (Fsp3) is 0.545. The molecule has 0 saturated carbocycles. The molecule has 0 spiro atoms. The van der Waals surface area contributed by atoms with E-state index in [1.165, 1.54) is 44.7 Å². The van der Waals surface area contributed by atoms with Crippen LogP contribution in [0.15, 0.2) is 48.0 Å². The van der Waals surface area contributed by atoms with Crippen molar-refractivity contribution in [2.24, 2.45) is 16.5 Å². The normalized spacial score (nSPS) is 11.5. The first kappa shape index (κ1) is 22.8. The molecule has 0 atom stereocenters. The van der Waals surface area contributed by atoms with Crippen molar-refractivity contribution in [3.05, 3.63) is 48.5 Å². The van der Waals surface area contributed by atoms with Gasteiger partial charge < -0.3 is 0 Å². The first-order chi connectivity index (χ1) is 13.5. The minimum absolute atomic E-state index is 0.161. The van der Waals surface area contributed by atoms with Crippen molar-refractivity contribution >= 4 is 27.9 Å². The number of guanidine groups is 1. The number of aryl methyl sites for hydroxylation is 1. The number of benzene rings is 1. The van der Waals surface area contributed by atoms with Gasteiger partial charge >= 0.3 is 175 Å². The standard InChI is InChI=1S/C8H10N3.C6H10N2.2C4H9.Sn/c9-8(10)11-6-7-4-2-1-3-5-7;1-3-8-5-4-7(2)6-8;2*1-3-4-2;/h1-2,4-5H,6H2,(H4,9,10,11);4-6H,2-3H2,1H3;2*1,3-4H2,2H3;/q;+1;;;. The van der Waals surface area contributed by atoms with Crippen LogP contribution >= 0.6 is 0 Å². The van der Waals surface area contributed by atoms with E-state index in [4.69, 9.17) is 11.5 Å². The summed E-state index contributed by atoms with van der Waals surface area (Å²) in [7, 11) is 0. The minimum atomic E-state index is -2.64. The molecular formula is C22H38N5Sn+. The Bertz CT molecular complexity index is 741. The van der Waals surface area contributed by atoms with Gasteiger partial charge in [-0.05, 0) is 0 Å². The van der Waals surface area contributed by atoms with Gasteiger partial charge in [-0.2, -0.15) is 0 Å².